The lowest BCUT2D eigenvalue weighted by atomic mass is 9.73. The maximum atomic E-state index is 12.0. The average Bonchev–Trinajstić information content (AvgIpc) is 2.75. The molecule has 2 aromatic heterocycles. The molecule has 106 valence electrons. The molecule has 1 aliphatic carbocycles. The maximum Gasteiger partial charge on any atom is 0.224 e. The van der Waals surface area contributed by atoms with Crippen molar-refractivity contribution in [1.82, 2.24) is 15.2 Å². The summed E-state index contributed by atoms with van der Waals surface area (Å²) < 4.78 is 0. The van der Waals surface area contributed by atoms with Gasteiger partial charge in [0.2, 0.25) is 5.91 Å². The van der Waals surface area contributed by atoms with Gasteiger partial charge in [-0.2, -0.15) is 5.10 Å². The van der Waals surface area contributed by atoms with Crippen LogP contribution in [0.25, 0.3) is 11.0 Å². The first-order chi connectivity index (χ1) is 9.65. The van der Waals surface area contributed by atoms with Gasteiger partial charge < -0.3 is 11.1 Å². The Labute approximate surface area is 117 Å². The fraction of sp³-hybridized carbons (Fsp3) is 0.500. The van der Waals surface area contributed by atoms with Crippen molar-refractivity contribution in [3.8, 4) is 0 Å². The van der Waals surface area contributed by atoms with Crippen LogP contribution >= 0.6 is 0 Å². The van der Waals surface area contributed by atoms with Crippen LogP contribution in [0.3, 0.4) is 0 Å². The second kappa shape index (κ2) is 5.20. The Bertz CT molecular complexity index is 630. The van der Waals surface area contributed by atoms with Gasteiger partial charge in [-0.05, 0) is 44.2 Å². The van der Waals surface area contributed by atoms with Gasteiger partial charge in [-0.15, -0.1) is 0 Å². The van der Waals surface area contributed by atoms with Crippen LogP contribution in [0.4, 0.5) is 5.69 Å². The van der Waals surface area contributed by atoms with Gasteiger partial charge in [-0.1, -0.05) is 0 Å². The van der Waals surface area contributed by atoms with E-state index in [0.717, 1.165) is 36.2 Å². The van der Waals surface area contributed by atoms with Crippen LogP contribution in [-0.2, 0) is 4.79 Å². The summed E-state index contributed by atoms with van der Waals surface area (Å²) in [7, 11) is 0. The van der Waals surface area contributed by atoms with Crippen molar-refractivity contribution in [2.75, 3.05) is 11.9 Å². The summed E-state index contributed by atoms with van der Waals surface area (Å²) in [6.45, 7) is 2.67. The van der Waals surface area contributed by atoms with Crippen LogP contribution in [-0.4, -0.2) is 27.6 Å². The van der Waals surface area contributed by atoms with E-state index in [1.165, 1.54) is 0 Å². The van der Waals surface area contributed by atoms with Crippen LogP contribution in [0, 0.1) is 18.8 Å². The first-order valence-corrected chi connectivity index (χ1v) is 6.96. The smallest absolute Gasteiger partial charge is 0.224 e. The van der Waals surface area contributed by atoms with Crippen molar-refractivity contribution in [3.05, 3.63) is 18.0 Å². The second-order valence-electron chi connectivity index (χ2n) is 5.64. The molecule has 0 saturated heterocycles. The molecule has 0 spiro atoms. The third-order valence-electron chi connectivity index (χ3n) is 4.02. The molecule has 2 aromatic rings. The maximum absolute atomic E-state index is 12.0. The zero-order valence-electron chi connectivity index (χ0n) is 11.5. The zero-order chi connectivity index (χ0) is 14.1. The summed E-state index contributed by atoms with van der Waals surface area (Å²) in [5.74, 6) is 1.14. The first kappa shape index (κ1) is 13.1. The van der Waals surface area contributed by atoms with E-state index in [1.807, 2.05) is 13.0 Å². The standard InChI is InChI=1S/C14H19N5O/c1-8-12-5-11(7-16-14(12)19-18-8)17-13(20)4-9-2-10(3-9)6-15/h5,7,9-10H,2-4,6,15H2,1H3,(H,17,20)(H,16,18,19). The number of hydrogen-bond acceptors (Lipinski definition) is 4. The highest BCUT2D eigenvalue weighted by Gasteiger charge is 2.29. The monoisotopic (exact) mass is 273 g/mol. The van der Waals surface area contributed by atoms with Crippen molar-refractivity contribution in [1.29, 1.82) is 0 Å². The summed E-state index contributed by atoms with van der Waals surface area (Å²) in [5, 5.41) is 10.8. The number of H-pyrrole nitrogens is 1. The minimum absolute atomic E-state index is 0.0489. The number of carbonyl (C=O) groups excluding carboxylic acids is 1. The fourth-order valence-corrected chi connectivity index (χ4v) is 2.80. The molecule has 2 heterocycles. The van der Waals surface area contributed by atoms with E-state index in [-0.39, 0.29) is 5.91 Å². The number of anilines is 1. The summed E-state index contributed by atoms with van der Waals surface area (Å²) in [6.07, 6.45) is 4.35. The van der Waals surface area contributed by atoms with Gasteiger partial charge in [-0.25, -0.2) is 4.98 Å². The molecule has 0 unspecified atom stereocenters. The van der Waals surface area contributed by atoms with Crippen LogP contribution in [0.15, 0.2) is 12.3 Å². The molecule has 1 saturated carbocycles. The number of nitrogens with one attached hydrogen (secondary N) is 2. The van der Waals surface area contributed by atoms with Gasteiger partial charge in [0, 0.05) is 17.5 Å². The number of nitrogens with zero attached hydrogens (tertiary/aromatic N) is 2. The van der Waals surface area contributed by atoms with Gasteiger partial charge in [0.1, 0.15) is 0 Å². The van der Waals surface area contributed by atoms with E-state index in [9.17, 15) is 4.79 Å². The van der Waals surface area contributed by atoms with Crippen molar-refractivity contribution in [2.24, 2.45) is 17.6 Å². The number of nitrogens with two attached hydrogens (primary N) is 1. The van der Waals surface area contributed by atoms with Crippen molar-refractivity contribution >= 4 is 22.6 Å². The highest BCUT2D eigenvalue weighted by Crippen LogP contribution is 2.35. The molecule has 3 rings (SSSR count). The Morgan fingerprint density at radius 3 is 3.05 bits per heavy atom. The summed E-state index contributed by atoms with van der Waals surface area (Å²) in [5.41, 5.74) is 7.94. The third kappa shape index (κ3) is 2.51. The molecule has 20 heavy (non-hydrogen) atoms. The Morgan fingerprint density at radius 1 is 1.50 bits per heavy atom. The number of amides is 1. The number of aromatic amines is 1. The molecular weight excluding hydrogens is 254 g/mol. The average molecular weight is 273 g/mol. The molecule has 4 N–H and O–H groups in total. The quantitative estimate of drug-likeness (QED) is 0.788. The lowest BCUT2D eigenvalue weighted by Gasteiger charge is -2.33. The third-order valence-corrected chi connectivity index (χ3v) is 4.02. The fourth-order valence-electron chi connectivity index (χ4n) is 2.80. The molecule has 1 aliphatic rings. The lowest BCUT2D eigenvalue weighted by molar-refractivity contribution is -0.118. The molecule has 0 radical (unpaired) electrons. The minimum Gasteiger partial charge on any atom is -0.330 e. The number of pyridine rings is 1. The molecule has 1 amide bonds. The molecule has 0 aromatic carbocycles. The highest BCUT2D eigenvalue weighted by molar-refractivity contribution is 5.93. The van der Waals surface area contributed by atoms with Gasteiger partial charge in [0.25, 0.3) is 0 Å². The Morgan fingerprint density at radius 2 is 2.30 bits per heavy atom. The van der Waals surface area contributed by atoms with Crippen LogP contribution in [0.2, 0.25) is 0 Å². The first-order valence-electron chi connectivity index (χ1n) is 6.96. The molecule has 6 nitrogen and oxygen atoms in total. The molecule has 1 fully saturated rings. The number of aryl methyl sites for hydroxylation is 1. The van der Waals surface area contributed by atoms with Gasteiger partial charge in [-0.3, -0.25) is 9.89 Å². The van der Waals surface area contributed by atoms with Gasteiger partial charge in [0.05, 0.1) is 11.9 Å². The normalized spacial score (nSPS) is 21.7. The van der Waals surface area contributed by atoms with Crippen LogP contribution in [0.5, 0.6) is 0 Å². The molecule has 0 aliphatic heterocycles. The van der Waals surface area contributed by atoms with Crippen molar-refractivity contribution in [3.63, 3.8) is 0 Å². The zero-order valence-corrected chi connectivity index (χ0v) is 11.5. The Balaban J connectivity index is 1.61. The Kier molecular flexibility index (Phi) is 3.40. The van der Waals surface area contributed by atoms with Crippen molar-refractivity contribution in [2.45, 2.75) is 26.2 Å². The highest BCUT2D eigenvalue weighted by atomic mass is 16.1. The topological polar surface area (TPSA) is 96.7 Å². The lowest BCUT2D eigenvalue weighted by Crippen LogP contribution is -2.32. The Hall–Kier alpha value is -1.95. The SMILES string of the molecule is Cc1[nH]nc2ncc(NC(=O)CC3CC(CN)C3)cc12. The molecule has 6 heteroatoms. The van der Waals surface area contributed by atoms with Crippen LogP contribution in [0.1, 0.15) is 25.0 Å². The predicted octanol–water partition coefficient (Wildman–Crippen LogP) is 1.58. The second-order valence-corrected chi connectivity index (χ2v) is 5.64. The van der Waals surface area contributed by atoms with Crippen molar-refractivity contribution < 1.29 is 4.79 Å². The summed E-state index contributed by atoms with van der Waals surface area (Å²) in [4.78, 5) is 16.2. The van der Waals surface area contributed by atoms with E-state index in [4.69, 9.17) is 5.73 Å². The van der Waals surface area contributed by atoms with E-state index in [1.54, 1.807) is 6.20 Å². The number of rotatable bonds is 4. The van der Waals surface area contributed by atoms with E-state index < -0.39 is 0 Å². The number of hydrogen-bond donors (Lipinski definition) is 3. The van der Waals surface area contributed by atoms with E-state index in [0.29, 0.717) is 23.9 Å². The van der Waals surface area contributed by atoms with E-state index >= 15 is 0 Å². The molecule has 0 bridgehead atoms. The largest absolute Gasteiger partial charge is 0.330 e. The summed E-state index contributed by atoms with van der Waals surface area (Å²) in [6, 6.07) is 1.91. The van der Waals surface area contributed by atoms with Gasteiger partial charge in [0.15, 0.2) is 5.65 Å². The molecular formula is C14H19N5O. The summed E-state index contributed by atoms with van der Waals surface area (Å²) >= 11 is 0. The number of fused-ring (bicyclic) bond motifs is 1. The van der Waals surface area contributed by atoms with Crippen LogP contribution < -0.4 is 11.1 Å². The number of aromatic nitrogens is 3. The number of carbonyl (C=O) groups is 1. The molecule has 0 atom stereocenters. The van der Waals surface area contributed by atoms with E-state index in [2.05, 4.69) is 20.5 Å². The van der Waals surface area contributed by atoms with Gasteiger partial charge >= 0.3 is 0 Å². The minimum atomic E-state index is 0.0489. The predicted molar refractivity (Wildman–Crippen MR) is 77.1 cm³/mol.